The van der Waals surface area contributed by atoms with E-state index in [4.69, 9.17) is 0 Å². The third kappa shape index (κ3) is 5.37. The molecule has 9 heavy (non-hydrogen) atoms. The summed E-state index contributed by atoms with van der Waals surface area (Å²) in [4.78, 5) is 0. The number of rotatable bonds is 4. The van der Waals surface area contributed by atoms with Crippen molar-refractivity contribution >= 4 is 0 Å². The van der Waals surface area contributed by atoms with Crippen LogP contribution in [0.1, 0.15) is 13.3 Å². The molecule has 0 atom stereocenters. The molecule has 0 heterocycles. The van der Waals surface area contributed by atoms with E-state index in [1.807, 2.05) is 14.1 Å². The zero-order valence-electron chi connectivity index (χ0n) is 6.49. The standard InChI is InChI=1S/C7H16N2/c1-7(9-3)5-4-6-8-2/h5,8-9H,4,6H2,1-3H3/b7-5+. The first-order chi connectivity index (χ1) is 4.31. The van der Waals surface area contributed by atoms with Crippen molar-refractivity contribution in [1.29, 1.82) is 0 Å². The second-order valence-corrected chi connectivity index (χ2v) is 2.03. The van der Waals surface area contributed by atoms with Crippen molar-refractivity contribution in [3.8, 4) is 0 Å². The molecule has 0 radical (unpaired) electrons. The van der Waals surface area contributed by atoms with Crippen molar-refractivity contribution in [3.05, 3.63) is 11.8 Å². The molecule has 0 bridgehead atoms. The van der Waals surface area contributed by atoms with E-state index in [9.17, 15) is 0 Å². The molecule has 0 aliphatic carbocycles. The third-order valence-electron chi connectivity index (χ3n) is 1.24. The molecule has 0 rings (SSSR count). The van der Waals surface area contributed by atoms with Crippen LogP contribution in [0.4, 0.5) is 0 Å². The smallest absolute Gasteiger partial charge is 0.00324 e. The van der Waals surface area contributed by atoms with Gasteiger partial charge in [-0.3, -0.25) is 0 Å². The Morgan fingerprint density at radius 3 is 2.56 bits per heavy atom. The van der Waals surface area contributed by atoms with Crippen LogP contribution in [-0.2, 0) is 0 Å². The maximum absolute atomic E-state index is 3.07. The van der Waals surface area contributed by atoms with E-state index in [0.717, 1.165) is 13.0 Å². The van der Waals surface area contributed by atoms with Crippen LogP contribution in [0, 0.1) is 0 Å². The highest BCUT2D eigenvalue weighted by Gasteiger charge is 1.80. The number of hydrogen-bond donors (Lipinski definition) is 2. The minimum Gasteiger partial charge on any atom is -0.392 e. The lowest BCUT2D eigenvalue weighted by Gasteiger charge is -1.97. The van der Waals surface area contributed by atoms with Gasteiger partial charge in [0.25, 0.3) is 0 Å². The van der Waals surface area contributed by atoms with Crippen LogP contribution in [0.2, 0.25) is 0 Å². The molecule has 2 heteroatoms. The van der Waals surface area contributed by atoms with Crippen LogP contribution in [-0.4, -0.2) is 20.6 Å². The van der Waals surface area contributed by atoms with Crippen molar-refractivity contribution < 1.29 is 0 Å². The zero-order chi connectivity index (χ0) is 7.11. The fourth-order valence-corrected chi connectivity index (χ4v) is 0.535. The number of hydrogen-bond acceptors (Lipinski definition) is 2. The van der Waals surface area contributed by atoms with Gasteiger partial charge in [-0.2, -0.15) is 0 Å². The minimum absolute atomic E-state index is 1.05. The summed E-state index contributed by atoms with van der Waals surface area (Å²) in [5.74, 6) is 0. The Kier molecular flexibility index (Phi) is 5.32. The maximum atomic E-state index is 3.07. The van der Waals surface area contributed by atoms with E-state index in [-0.39, 0.29) is 0 Å². The molecule has 0 aliphatic rings. The molecule has 2 N–H and O–H groups in total. The Morgan fingerprint density at radius 2 is 2.11 bits per heavy atom. The average Bonchev–Trinajstić information content (AvgIpc) is 1.89. The van der Waals surface area contributed by atoms with Crippen LogP contribution >= 0.6 is 0 Å². The Hall–Kier alpha value is -0.500. The molecule has 0 aromatic rings. The van der Waals surface area contributed by atoms with Crippen LogP contribution in [0.25, 0.3) is 0 Å². The van der Waals surface area contributed by atoms with E-state index in [1.54, 1.807) is 0 Å². The topological polar surface area (TPSA) is 24.1 Å². The number of allylic oxidation sites excluding steroid dienone is 1. The highest BCUT2D eigenvalue weighted by molar-refractivity contribution is 4.93. The highest BCUT2D eigenvalue weighted by Crippen LogP contribution is 1.86. The first-order valence-corrected chi connectivity index (χ1v) is 3.30. The van der Waals surface area contributed by atoms with Crippen molar-refractivity contribution in [2.24, 2.45) is 0 Å². The monoisotopic (exact) mass is 128 g/mol. The van der Waals surface area contributed by atoms with E-state index >= 15 is 0 Å². The van der Waals surface area contributed by atoms with Crippen molar-refractivity contribution in [3.63, 3.8) is 0 Å². The Morgan fingerprint density at radius 1 is 1.44 bits per heavy atom. The van der Waals surface area contributed by atoms with Crippen molar-refractivity contribution in [2.45, 2.75) is 13.3 Å². The summed E-state index contributed by atoms with van der Waals surface area (Å²) in [6, 6.07) is 0. The summed E-state index contributed by atoms with van der Waals surface area (Å²) in [5.41, 5.74) is 1.24. The predicted molar refractivity (Wildman–Crippen MR) is 41.4 cm³/mol. The lowest BCUT2D eigenvalue weighted by molar-refractivity contribution is 0.798. The van der Waals surface area contributed by atoms with Gasteiger partial charge in [0.1, 0.15) is 0 Å². The summed E-state index contributed by atoms with van der Waals surface area (Å²) in [6.45, 7) is 3.12. The molecule has 54 valence electrons. The average molecular weight is 128 g/mol. The van der Waals surface area contributed by atoms with Gasteiger partial charge < -0.3 is 10.6 Å². The number of nitrogens with one attached hydrogen (secondary N) is 2. The maximum Gasteiger partial charge on any atom is 0.00324 e. The molecule has 0 unspecified atom stereocenters. The quantitative estimate of drug-likeness (QED) is 0.545. The van der Waals surface area contributed by atoms with Gasteiger partial charge in [-0.15, -0.1) is 0 Å². The second-order valence-electron chi connectivity index (χ2n) is 2.03. The van der Waals surface area contributed by atoms with Crippen LogP contribution in [0.3, 0.4) is 0 Å². The van der Waals surface area contributed by atoms with Crippen molar-refractivity contribution in [1.82, 2.24) is 10.6 Å². The van der Waals surface area contributed by atoms with Gasteiger partial charge >= 0.3 is 0 Å². The molecule has 0 aliphatic heterocycles. The van der Waals surface area contributed by atoms with Crippen LogP contribution in [0.15, 0.2) is 11.8 Å². The molecule has 0 saturated heterocycles. The minimum atomic E-state index is 1.05. The van der Waals surface area contributed by atoms with Crippen LogP contribution in [0.5, 0.6) is 0 Å². The molecule has 0 amide bonds. The van der Waals surface area contributed by atoms with E-state index < -0.39 is 0 Å². The Labute approximate surface area is 57.3 Å². The zero-order valence-corrected chi connectivity index (χ0v) is 6.49. The molecular weight excluding hydrogens is 112 g/mol. The summed E-state index contributed by atoms with van der Waals surface area (Å²) < 4.78 is 0. The van der Waals surface area contributed by atoms with Gasteiger partial charge in [0.2, 0.25) is 0 Å². The van der Waals surface area contributed by atoms with Gasteiger partial charge in [-0.1, -0.05) is 6.08 Å². The van der Waals surface area contributed by atoms with E-state index in [0.29, 0.717) is 0 Å². The van der Waals surface area contributed by atoms with Crippen molar-refractivity contribution in [2.75, 3.05) is 20.6 Å². The predicted octanol–water partition coefficient (Wildman–Crippen LogP) is 0.719. The second kappa shape index (κ2) is 5.63. The molecule has 0 spiro atoms. The summed E-state index contributed by atoms with van der Waals surface area (Å²) in [7, 11) is 3.90. The third-order valence-corrected chi connectivity index (χ3v) is 1.24. The molecular formula is C7H16N2. The highest BCUT2D eigenvalue weighted by atomic mass is 14.8. The Balaban J connectivity index is 3.21. The normalized spacial score (nSPS) is 11.7. The van der Waals surface area contributed by atoms with Gasteiger partial charge in [-0.05, 0) is 26.9 Å². The lowest BCUT2D eigenvalue weighted by atomic mass is 10.3. The Bertz CT molecular complexity index is 86.9. The first kappa shape index (κ1) is 8.50. The molecule has 2 nitrogen and oxygen atoms in total. The van der Waals surface area contributed by atoms with Crippen LogP contribution < -0.4 is 10.6 Å². The SMILES string of the molecule is CNCC/C=C(\C)NC. The van der Waals surface area contributed by atoms with Gasteiger partial charge in [0.05, 0.1) is 0 Å². The molecule has 0 fully saturated rings. The molecule has 0 aromatic carbocycles. The summed E-state index contributed by atoms with van der Waals surface area (Å²) in [6.07, 6.45) is 3.28. The van der Waals surface area contributed by atoms with Gasteiger partial charge in [-0.25, -0.2) is 0 Å². The van der Waals surface area contributed by atoms with E-state index in [2.05, 4.69) is 23.6 Å². The molecule has 0 saturated carbocycles. The van der Waals surface area contributed by atoms with Gasteiger partial charge in [0, 0.05) is 12.7 Å². The fraction of sp³-hybridized carbons (Fsp3) is 0.714. The first-order valence-electron chi connectivity index (χ1n) is 3.30. The summed E-state index contributed by atoms with van der Waals surface area (Å²) >= 11 is 0. The molecule has 0 aromatic heterocycles. The van der Waals surface area contributed by atoms with Gasteiger partial charge in [0.15, 0.2) is 0 Å². The largest absolute Gasteiger partial charge is 0.392 e. The lowest BCUT2D eigenvalue weighted by Crippen LogP contribution is -2.08. The fourth-order valence-electron chi connectivity index (χ4n) is 0.535. The van der Waals surface area contributed by atoms with E-state index in [1.165, 1.54) is 5.70 Å². The summed E-state index contributed by atoms with van der Waals surface area (Å²) in [5, 5.41) is 6.13.